The fourth-order valence-corrected chi connectivity index (χ4v) is 4.78. The highest BCUT2D eigenvalue weighted by Crippen LogP contribution is 2.23. The summed E-state index contributed by atoms with van der Waals surface area (Å²) in [5, 5.41) is 2.88. The number of hydrogen-bond acceptors (Lipinski definition) is 4. The Balaban J connectivity index is 2.01. The largest absolute Gasteiger partial charge is 0.350 e. The van der Waals surface area contributed by atoms with Crippen LogP contribution in [0.25, 0.3) is 0 Å². The molecule has 0 aromatic heterocycles. The zero-order chi connectivity index (χ0) is 15.5. The van der Waals surface area contributed by atoms with Crippen LogP contribution in [0.1, 0.15) is 18.9 Å². The highest BCUT2D eigenvalue weighted by molar-refractivity contribution is 7.91. The minimum atomic E-state index is -3.04. The molecule has 116 valence electrons. The molecule has 0 spiro atoms. The van der Waals surface area contributed by atoms with Gasteiger partial charge < -0.3 is 11.1 Å². The van der Waals surface area contributed by atoms with Crippen molar-refractivity contribution in [3.8, 4) is 0 Å². The highest BCUT2D eigenvalue weighted by atomic mass is 32.2. The molecule has 2 unspecified atom stereocenters. The molecule has 5 nitrogen and oxygen atoms in total. The molecule has 6 heteroatoms. The van der Waals surface area contributed by atoms with Gasteiger partial charge in [-0.25, -0.2) is 8.42 Å². The maximum absolute atomic E-state index is 12.4. The number of nitrogens with one attached hydrogen (secondary N) is 1. The smallest absolute Gasteiger partial charge is 0.225 e. The number of benzene rings is 1. The van der Waals surface area contributed by atoms with Gasteiger partial charge >= 0.3 is 0 Å². The number of sulfone groups is 1. The van der Waals surface area contributed by atoms with E-state index in [1.54, 1.807) is 6.92 Å². The van der Waals surface area contributed by atoms with E-state index in [4.69, 9.17) is 5.73 Å². The number of rotatable bonds is 5. The number of nitrogens with two attached hydrogens (primary N) is 1. The van der Waals surface area contributed by atoms with Crippen molar-refractivity contribution in [2.75, 3.05) is 18.1 Å². The maximum Gasteiger partial charge on any atom is 0.225 e. The summed E-state index contributed by atoms with van der Waals surface area (Å²) >= 11 is 0. The van der Waals surface area contributed by atoms with Crippen LogP contribution in [0.3, 0.4) is 0 Å². The van der Waals surface area contributed by atoms with E-state index < -0.39 is 15.4 Å². The molecule has 1 aliphatic heterocycles. The van der Waals surface area contributed by atoms with Crippen LogP contribution in [0, 0.1) is 5.92 Å². The molecule has 1 aromatic rings. The maximum atomic E-state index is 12.4. The summed E-state index contributed by atoms with van der Waals surface area (Å²) in [6, 6.07) is 9.68. The van der Waals surface area contributed by atoms with Gasteiger partial charge in [0.2, 0.25) is 5.91 Å². The Morgan fingerprint density at radius 2 is 2.05 bits per heavy atom. The van der Waals surface area contributed by atoms with Crippen molar-refractivity contribution < 1.29 is 13.2 Å². The van der Waals surface area contributed by atoms with Crippen LogP contribution >= 0.6 is 0 Å². The molecule has 0 radical (unpaired) electrons. The first-order chi connectivity index (χ1) is 9.84. The first-order valence-corrected chi connectivity index (χ1v) is 8.92. The molecule has 0 bridgehead atoms. The quantitative estimate of drug-likeness (QED) is 0.828. The second-order valence-electron chi connectivity index (χ2n) is 6.01. The Hall–Kier alpha value is -1.40. The summed E-state index contributed by atoms with van der Waals surface area (Å²) in [6.07, 6.45) is 1.02. The molecule has 1 fully saturated rings. The van der Waals surface area contributed by atoms with Gasteiger partial charge in [0.15, 0.2) is 9.84 Å². The zero-order valence-corrected chi connectivity index (χ0v) is 13.0. The molecule has 1 aromatic carbocycles. The molecule has 21 heavy (non-hydrogen) atoms. The van der Waals surface area contributed by atoms with Crippen molar-refractivity contribution >= 4 is 15.7 Å². The van der Waals surface area contributed by atoms with Gasteiger partial charge in [0.1, 0.15) is 0 Å². The van der Waals surface area contributed by atoms with E-state index in [-0.39, 0.29) is 29.9 Å². The first-order valence-electron chi connectivity index (χ1n) is 7.10. The second kappa shape index (κ2) is 6.15. The third-order valence-electron chi connectivity index (χ3n) is 3.91. The Labute approximate surface area is 125 Å². The van der Waals surface area contributed by atoms with Gasteiger partial charge in [-0.2, -0.15) is 0 Å². The van der Waals surface area contributed by atoms with E-state index >= 15 is 0 Å². The second-order valence-corrected chi connectivity index (χ2v) is 8.20. The fraction of sp³-hybridized carbons (Fsp3) is 0.533. The molecular weight excluding hydrogens is 288 g/mol. The van der Waals surface area contributed by atoms with Gasteiger partial charge in [-0.05, 0) is 25.3 Å². The van der Waals surface area contributed by atoms with E-state index in [1.807, 2.05) is 30.3 Å². The minimum absolute atomic E-state index is 0.00830. The van der Waals surface area contributed by atoms with Gasteiger partial charge in [0.05, 0.1) is 23.0 Å². The highest BCUT2D eigenvalue weighted by Gasteiger charge is 2.40. The zero-order valence-electron chi connectivity index (χ0n) is 12.2. The summed E-state index contributed by atoms with van der Waals surface area (Å²) < 4.78 is 23.2. The Morgan fingerprint density at radius 3 is 2.57 bits per heavy atom. The van der Waals surface area contributed by atoms with Crippen molar-refractivity contribution in [1.29, 1.82) is 0 Å². The predicted molar refractivity (Wildman–Crippen MR) is 82.5 cm³/mol. The van der Waals surface area contributed by atoms with Crippen LogP contribution < -0.4 is 11.1 Å². The van der Waals surface area contributed by atoms with Crippen LogP contribution in [0.5, 0.6) is 0 Å². The summed E-state index contributed by atoms with van der Waals surface area (Å²) in [4.78, 5) is 12.4. The van der Waals surface area contributed by atoms with E-state index in [0.717, 1.165) is 5.56 Å². The molecular formula is C15H22N2O3S. The SMILES string of the molecule is CC1(NC(=O)C(CN)Cc2ccccc2)CCS(=O)(=O)C1. The molecule has 1 aliphatic rings. The molecule has 0 aliphatic carbocycles. The lowest BCUT2D eigenvalue weighted by molar-refractivity contribution is -0.126. The van der Waals surface area contributed by atoms with Gasteiger partial charge in [-0.3, -0.25) is 4.79 Å². The molecule has 0 saturated carbocycles. The van der Waals surface area contributed by atoms with Crippen LogP contribution in [0.2, 0.25) is 0 Å². The van der Waals surface area contributed by atoms with Crippen molar-refractivity contribution in [1.82, 2.24) is 5.32 Å². The number of carbonyl (C=O) groups excluding carboxylic acids is 1. The normalized spacial score (nSPS) is 25.4. The van der Waals surface area contributed by atoms with Crippen molar-refractivity contribution in [3.63, 3.8) is 0 Å². The van der Waals surface area contributed by atoms with Crippen molar-refractivity contribution in [2.45, 2.75) is 25.3 Å². The molecule has 1 amide bonds. The third-order valence-corrected chi connectivity index (χ3v) is 5.81. The lowest BCUT2D eigenvalue weighted by atomic mass is 9.95. The monoisotopic (exact) mass is 310 g/mol. The lowest BCUT2D eigenvalue weighted by Gasteiger charge is -2.26. The van der Waals surface area contributed by atoms with Crippen molar-refractivity contribution in [3.05, 3.63) is 35.9 Å². The van der Waals surface area contributed by atoms with Crippen LogP contribution in [-0.4, -0.2) is 37.9 Å². The van der Waals surface area contributed by atoms with Crippen molar-refractivity contribution in [2.24, 2.45) is 11.7 Å². The van der Waals surface area contributed by atoms with Crippen LogP contribution in [0.4, 0.5) is 0 Å². The van der Waals surface area contributed by atoms with Gasteiger partial charge in [-0.15, -0.1) is 0 Å². The van der Waals surface area contributed by atoms with Gasteiger partial charge in [-0.1, -0.05) is 30.3 Å². The van der Waals surface area contributed by atoms with Gasteiger partial charge in [0.25, 0.3) is 0 Å². The summed E-state index contributed by atoms with van der Waals surface area (Å²) in [7, 11) is -3.04. The standard InChI is InChI=1S/C15H22N2O3S/c1-15(7-8-21(19,20)11-15)17-14(18)13(10-16)9-12-5-3-2-4-6-12/h2-6,13H,7-11,16H2,1H3,(H,17,18). The molecule has 3 N–H and O–H groups in total. The van der Waals surface area contributed by atoms with Crippen LogP contribution in [0.15, 0.2) is 30.3 Å². The molecule has 2 rings (SSSR count). The van der Waals surface area contributed by atoms with E-state index in [0.29, 0.717) is 12.8 Å². The average molecular weight is 310 g/mol. The van der Waals surface area contributed by atoms with Crippen LogP contribution in [-0.2, 0) is 21.1 Å². The molecule has 2 atom stereocenters. The lowest BCUT2D eigenvalue weighted by Crippen LogP contribution is -2.50. The fourth-order valence-electron chi connectivity index (χ4n) is 2.69. The minimum Gasteiger partial charge on any atom is -0.350 e. The topological polar surface area (TPSA) is 89.3 Å². The predicted octanol–water partition coefficient (Wildman–Crippen LogP) is 0.497. The number of amides is 1. The number of carbonyl (C=O) groups is 1. The average Bonchev–Trinajstić information content (AvgIpc) is 2.70. The number of hydrogen-bond donors (Lipinski definition) is 2. The Kier molecular flexibility index (Phi) is 4.68. The molecule has 1 heterocycles. The summed E-state index contributed by atoms with van der Waals surface area (Å²) in [6.45, 7) is 2.02. The Morgan fingerprint density at radius 1 is 1.38 bits per heavy atom. The Bertz CT molecular complexity index is 601. The van der Waals surface area contributed by atoms with E-state index in [1.165, 1.54) is 0 Å². The van der Waals surface area contributed by atoms with Gasteiger partial charge in [0, 0.05) is 6.54 Å². The summed E-state index contributed by atoms with van der Waals surface area (Å²) in [5.74, 6) is -0.363. The van der Waals surface area contributed by atoms with E-state index in [2.05, 4.69) is 5.32 Å². The molecule has 1 saturated heterocycles. The van der Waals surface area contributed by atoms with E-state index in [9.17, 15) is 13.2 Å². The first kappa shape index (κ1) is 16.0. The third kappa shape index (κ3) is 4.28. The summed E-state index contributed by atoms with van der Waals surface area (Å²) in [5.41, 5.74) is 6.09.